The second kappa shape index (κ2) is 9.21. The zero-order valence-corrected chi connectivity index (χ0v) is 19.4. The molecule has 9 heteroatoms. The molecule has 2 aromatic carbocycles. The van der Waals surface area contributed by atoms with Crippen LogP contribution in [0.2, 0.25) is 0 Å². The summed E-state index contributed by atoms with van der Waals surface area (Å²) in [5.41, 5.74) is -1.83. The number of hydrogen-bond acceptors (Lipinski definition) is 4. The molecule has 3 aromatic rings. The molecular weight excluding hydrogens is 452 g/mol. The third-order valence-electron chi connectivity index (χ3n) is 6.52. The summed E-state index contributed by atoms with van der Waals surface area (Å²) in [4.78, 5) is 17.7. The number of pyridine rings is 1. The molecule has 0 saturated heterocycles. The molecule has 2 N–H and O–H groups in total. The van der Waals surface area contributed by atoms with E-state index in [1.165, 1.54) is 26.2 Å². The van der Waals surface area contributed by atoms with Crippen LogP contribution >= 0.6 is 0 Å². The number of benzene rings is 2. The number of aliphatic hydroxyl groups is 1. The van der Waals surface area contributed by atoms with Gasteiger partial charge in [-0.25, -0.2) is 4.39 Å². The number of aryl methyl sites for hydroxylation is 1. The van der Waals surface area contributed by atoms with Crippen LogP contribution in [0.4, 0.5) is 23.2 Å². The molecular formula is C25H26F4N2O3. The lowest BCUT2D eigenvalue weighted by Crippen LogP contribution is -2.53. The van der Waals surface area contributed by atoms with Gasteiger partial charge in [0, 0.05) is 23.6 Å². The number of halogens is 4. The number of aliphatic imine (C=N–C) groups is 1. The van der Waals surface area contributed by atoms with E-state index in [1.54, 1.807) is 19.1 Å². The minimum Gasteiger partial charge on any atom is -0.496 e. The zero-order chi connectivity index (χ0) is 25.4. The second-order valence-corrected chi connectivity index (χ2v) is 8.47. The van der Waals surface area contributed by atoms with E-state index in [0.29, 0.717) is 17.5 Å². The van der Waals surface area contributed by atoms with Crippen LogP contribution in [0, 0.1) is 25.6 Å². The van der Waals surface area contributed by atoms with Crippen LogP contribution < -0.4 is 10.3 Å². The van der Waals surface area contributed by atoms with Crippen LogP contribution in [0.5, 0.6) is 5.75 Å². The SMILES string of the molecule is COc1c(C(C)C(C)C(O)(/C=N/c2ccc(F)c3[nH]c(=O)ccc23)C(F)(F)F)ccc(C)c1C. The van der Waals surface area contributed by atoms with Gasteiger partial charge in [-0.05, 0) is 54.7 Å². The Labute approximate surface area is 194 Å². The molecule has 0 aliphatic heterocycles. The maximum absolute atomic E-state index is 14.2. The first kappa shape index (κ1) is 25.4. The number of ether oxygens (including phenoxy) is 1. The van der Waals surface area contributed by atoms with Gasteiger partial charge in [0.25, 0.3) is 0 Å². The summed E-state index contributed by atoms with van der Waals surface area (Å²) in [6, 6.07) is 8.05. The van der Waals surface area contributed by atoms with Crippen LogP contribution in [-0.4, -0.2) is 35.2 Å². The van der Waals surface area contributed by atoms with Crippen molar-refractivity contribution >= 4 is 22.8 Å². The molecule has 34 heavy (non-hydrogen) atoms. The van der Waals surface area contributed by atoms with Gasteiger partial charge >= 0.3 is 6.18 Å². The lowest BCUT2D eigenvalue weighted by atomic mass is 9.76. The van der Waals surface area contributed by atoms with Gasteiger partial charge in [0.15, 0.2) is 5.60 Å². The summed E-state index contributed by atoms with van der Waals surface area (Å²) < 4.78 is 62.2. The Kier molecular flexibility index (Phi) is 6.89. The van der Waals surface area contributed by atoms with E-state index in [-0.39, 0.29) is 16.6 Å². The Bertz CT molecular complexity index is 1300. The standard InChI is InChI=1S/C25H26F4N2O3/c1-13-6-7-17(23(34-5)14(13)2)15(3)16(4)24(33,25(27,28)29)12-30-20-10-9-19(26)22-18(20)8-11-21(32)31-22/h6-12,15-16,33H,1-5H3,(H,31,32)/b30-12+. The maximum Gasteiger partial charge on any atom is 0.422 e. The van der Waals surface area contributed by atoms with Crippen molar-refractivity contribution in [3.8, 4) is 5.75 Å². The van der Waals surface area contributed by atoms with Crippen LogP contribution in [-0.2, 0) is 0 Å². The Morgan fingerprint density at radius 1 is 1.09 bits per heavy atom. The first-order valence-electron chi connectivity index (χ1n) is 10.6. The highest BCUT2D eigenvalue weighted by Crippen LogP contribution is 2.44. The Morgan fingerprint density at radius 3 is 2.38 bits per heavy atom. The monoisotopic (exact) mass is 478 g/mol. The average Bonchev–Trinajstić information content (AvgIpc) is 2.78. The van der Waals surface area contributed by atoms with Gasteiger partial charge in [-0.3, -0.25) is 9.79 Å². The predicted octanol–water partition coefficient (Wildman–Crippen LogP) is 5.73. The predicted molar refractivity (Wildman–Crippen MR) is 124 cm³/mol. The van der Waals surface area contributed by atoms with Crippen molar-refractivity contribution in [1.82, 2.24) is 4.98 Å². The van der Waals surface area contributed by atoms with E-state index in [4.69, 9.17) is 4.74 Å². The van der Waals surface area contributed by atoms with Crippen molar-refractivity contribution in [3.05, 3.63) is 69.3 Å². The van der Waals surface area contributed by atoms with Crippen LogP contribution in [0.3, 0.4) is 0 Å². The number of nitrogens with zero attached hydrogens (tertiary/aromatic N) is 1. The highest BCUT2D eigenvalue weighted by Gasteiger charge is 2.57. The van der Waals surface area contributed by atoms with Crippen molar-refractivity contribution in [2.75, 3.05) is 7.11 Å². The van der Waals surface area contributed by atoms with Gasteiger partial charge < -0.3 is 14.8 Å². The number of nitrogens with one attached hydrogen (secondary N) is 1. The van der Waals surface area contributed by atoms with E-state index in [1.807, 2.05) is 13.8 Å². The van der Waals surface area contributed by atoms with Crippen molar-refractivity contribution in [1.29, 1.82) is 0 Å². The summed E-state index contributed by atoms with van der Waals surface area (Å²) in [5, 5.41) is 11.0. The first-order valence-corrected chi connectivity index (χ1v) is 10.6. The Hall–Kier alpha value is -3.20. The highest BCUT2D eigenvalue weighted by atomic mass is 19.4. The normalized spacial score (nSPS) is 15.9. The van der Waals surface area contributed by atoms with Crippen LogP contribution in [0.25, 0.3) is 10.9 Å². The number of hydrogen-bond donors (Lipinski definition) is 2. The largest absolute Gasteiger partial charge is 0.496 e. The quantitative estimate of drug-likeness (QED) is 0.351. The van der Waals surface area contributed by atoms with Gasteiger partial charge in [-0.2, -0.15) is 13.2 Å². The van der Waals surface area contributed by atoms with Gasteiger partial charge in [0.05, 0.1) is 18.3 Å². The van der Waals surface area contributed by atoms with Gasteiger partial charge in [-0.1, -0.05) is 26.0 Å². The Morgan fingerprint density at radius 2 is 1.76 bits per heavy atom. The fourth-order valence-corrected chi connectivity index (χ4v) is 4.02. The smallest absolute Gasteiger partial charge is 0.422 e. The summed E-state index contributed by atoms with van der Waals surface area (Å²) in [5.74, 6) is -2.41. The molecule has 5 nitrogen and oxygen atoms in total. The van der Waals surface area contributed by atoms with Gasteiger partial charge in [-0.15, -0.1) is 0 Å². The minimum atomic E-state index is -5.05. The highest BCUT2D eigenvalue weighted by molar-refractivity contribution is 5.92. The van der Waals surface area contributed by atoms with E-state index in [0.717, 1.165) is 23.3 Å². The number of aromatic nitrogens is 1. The molecule has 3 rings (SSSR count). The molecule has 0 spiro atoms. The third-order valence-corrected chi connectivity index (χ3v) is 6.52. The van der Waals surface area contributed by atoms with E-state index < -0.39 is 35.0 Å². The number of H-pyrrole nitrogens is 1. The fourth-order valence-electron chi connectivity index (χ4n) is 4.02. The summed E-state index contributed by atoms with van der Waals surface area (Å²) in [7, 11) is 1.45. The van der Waals surface area contributed by atoms with Gasteiger partial charge in [0.1, 0.15) is 11.6 Å². The fraction of sp³-hybridized carbons (Fsp3) is 0.360. The van der Waals surface area contributed by atoms with Crippen LogP contribution in [0.1, 0.15) is 36.5 Å². The Balaban J connectivity index is 2.09. The number of rotatable bonds is 6. The summed E-state index contributed by atoms with van der Waals surface area (Å²) in [6.45, 7) is 6.56. The number of methoxy groups -OCH3 is 1. The lowest BCUT2D eigenvalue weighted by molar-refractivity contribution is -0.246. The molecule has 3 unspecified atom stereocenters. The molecule has 0 saturated carbocycles. The van der Waals surface area contributed by atoms with Crippen molar-refractivity contribution in [3.63, 3.8) is 0 Å². The number of aromatic amines is 1. The minimum absolute atomic E-state index is 0.0288. The number of alkyl halides is 3. The molecule has 0 radical (unpaired) electrons. The zero-order valence-electron chi connectivity index (χ0n) is 19.4. The molecule has 0 aliphatic carbocycles. The van der Waals surface area contributed by atoms with E-state index in [2.05, 4.69) is 9.98 Å². The van der Waals surface area contributed by atoms with Crippen molar-refractivity contribution in [2.24, 2.45) is 10.9 Å². The summed E-state index contributed by atoms with van der Waals surface area (Å²) >= 11 is 0. The third kappa shape index (κ3) is 4.44. The lowest BCUT2D eigenvalue weighted by Gasteiger charge is -2.36. The van der Waals surface area contributed by atoms with Crippen molar-refractivity contribution < 1.29 is 27.4 Å². The molecule has 1 aromatic heterocycles. The van der Waals surface area contributed by atoms with E-state index in [9.17, 15) is 27.5 Å². The molecule has 1 heterocycles. The molecule has 0 bridgehead atoms. The average molecular weight is 478 g/mol. The summed E-state index contributed by atoms with van der Waals surface area (Å²) in [6.07, 6.45) is -4.61. The number of fused-ring (bicyclic) bond motifs is 1. The van der Waals surface area contributed by atoms with E-state index >= 15 is 0 Å². The van der Waals surface area contributed by atoms with Crippen molar-refractivity contribution in [2.45, 2.75) is 45.4 Å². The molecule has 182 valence electrons. The molecule has 0 amide bonds. The van der Waals surface area contributed by atoms with Gasteiger partial charge in [0.2, 0.25) is 5.56 Å². The van der Waals surface area contributed by atoms with Crippen LogP contribution in [0.15, 0.2) is 46.2 Å². The second-order valence-electron chi connectivity index (χ2n) is 8.47. The first-order chi connectivity index (χ1) is 15.8. The molecule has 0 fully saturated rings. The maximum atomic E-state index is 14.2. The molecule has 0 aliphatic rings. The molecule has 3 atom stereocenters. The topological polar surface area (TPSA) is 74.7 Å².